The Hall–Kier alpha value is -1.06. The SMILES string of the molecule is O=[N+]([O-])OC12C=CC(C1)C(C1CCCC1)C2. The second-order valence-corrected chi connectivity index (χ2v) is 5.52. The van der Waals surface area contributed by atoms with E-state index in [1.165, 1.54) is 25.7 Å². The van der Waals surface area contributed by atoms with E-state index in [2.05, 4.69) is 6.08 Å². The van der Waals surface area contributed by atoms with Crippen LogP contribution in [0.1, 0.15) is 38.5 Å². The third-order valence-electron chi connectivity index (χ3n) is 4.62. The molecule has 0 heterocycles. The van der Waals surface area contributed by atoms with Gasteiger partial charge in [-0.05, 0) is 30.6 Å². The Kier molecular flexibility index (Phi) is 2.19. The van der Waals surface area contributed by atoms with Crippen LogP contribution in [0, 0.1) is 27.9 Å². The standard InChI is InChI=1S/C12H17NO3/c14-13(15)16-12-6-5-10(7-12)11(8-12)9-3-1-2-4-9/h5-6,9-11H,1-4,7-8H2. The Morgan fingerprint density at radius 3 is 2.75 bits per heavy atom. The molecule has 0 spiro atoms. The largest absolute Gasteiger partial charge is 0.303 e. The van der Waals surface area contributed by atoms with E-state index in [0.29, 0.717) is 11.8 Å². The molecule has 3 atom stereocenters. The van der Waals surface area contributed by atoms with Crippen LogP contribution in [0.2, 0.25) is 0 Å². The van der Waals surface area contributed by atoms with Gasteiger partial charge in [0.2, 0.25) is 0 Å². The van der Waals surface area contributed by atoms with Crippen molar-refractivity contribution < 1.29 is 9.92 Å². The smallest absolute Gasteiger partial charge is 0.295 e. The van der Waals surface area contributed by atoms with Gasteiger partial charge in [0.25, 0.3) is 5.09 Å². The van der Waals surface area contributed by atoms with Crippen molar-refractivity contribution in [1.29, 1.82) is 0 Å². The zero-order chi connectivity index (χ0) is 11.2. The molecule has 0 aromatic heterocycles. The predicted octanol–water partition coefficient (Wildman–Crippen LogP) is 2.72. The minimum Gasteiger partial charge on any atom is -0.303 e. The van der Waals surface area contributed by atoms with Crippen molar-refractivity contribution in [2.45, 2.75) is 44.1 Å². The molecular formula is C12H17NO3. The molecule has 3 rings (SSSR count). The molecule has 3 aliphatic rings. The van der Waals surface area contributed by atoms with Crippen LogP contribution in [0.25, 0.3) is 0 Å². The van der Waals surface area contributed by atoms with Gasteiger partial charge in [0.15, 0.2) is 0 Å². The van der Waals surface area contributed by atoms with Gasteiger partial charge in [-0.2, -0.15) is 0 Å². The molecule has 0 radical (unpaired) electrons. The molecule has 4 heteroatoms. The number of fused-ring (bicyclic) bond motifs is 2. The van der Waals surface area contributed by atoms with Crippen LogP contribution in [0.5, 0.6) is 0 Å². The maximum atomic E-state index is 10.5. The Morgan fingerprint density at radius 2 is 2.06 bits per heavy atom. The van der Waals surface area contributed by atoms with Crippen molar-refractivity contribution in [2.75, 3.05) is 0 Å². The summed E-state index contributed by atoms with van der Waals surface area (Å²) >= 11 is 0. The zero-order valence-corrected chi connectivity index (χ0v) is 9.30. The molecule has 88 valence electrons. The summed E-state index contributed by atoms with van der Waals surface area (Å²) < 4.78 is 0. The Balaban J connectivity index is 1.73. The quantitative estimate of drug-likeness (QED) is 0.420. The molecule has 2 saturated carbocycles. The lowest BCUT2D eigenvalue weighted by atomic mass is 9.80. The van der Waals surface area contributed by atoms with Crippen LogP contribution >= 0.6 is 0 Å². The molecule has 3 aliphatic carbocycles. The number of hydrogen-bond acceptors (Lipinski definition) is 3. The highest BCUT2D eigenvalue weighted by molar-refractivity contribution is 5.21. The van der Waals surface area contributed by atoms with Crippen LogP contribution in [-0.2, 0) is 4.84 Å². The van der Waals surface area contributed by atoms with Crippen LogP contribution in [0.15, 0.2) is 12.2 Å². The van der Waals surface area contributed by atoms with Gasteiger partial charge in [0.05, 0.1) is 0 Å². The van der Waals surface area contributed by atoms with Gasteiger partial charge >= 0.3 is 0 Å². The Bertz CT molecular complexity index is 335. The van der Waals surface area contributed by atoms with E-state index in [1.807, 2.05) is 6.08 Å². The van der Waals surface area contributed by atoms with E-state index in [9.17, 15) is 10.1 Å². The van der Waals surface area contributed by atoms with Gasteiger partial charge in [0.1, 0.15) is 5.60 Å². The van der Waals surface area contributed by atoms with Crippen LogP contribution in [0.4, 0.5) is 0 Å². The van der Waals surface area contributed by atoms with E-state index in [4.69, 9.17) is 4.84 Å². The fourth-order valence-electron chi connectivity index (χ4n) is 3.99. The molecule has 0 N–H and O–H groups in total. The number of rotatable bonds is 3. The van der Waals surface area contributed by atoms with Crippen molar-refractivity contribution in [2.24, 2.45) is 17.8 Å². The molecule has 0 aromatic rings. The van der Waals surface area contributed by atoms with Crippen LogP contribution < -0.4 is 0 Å². The summed E-state index contributed by atoms with van der Waals surface area (Å²) in [5.41, 5.74) is -0.568. The second-order valence-electron chi connectivity index (χ2n) is 5.52. The molecule has 0 saturated heterocycles. The maximum Gasteiger partial charge on any atom is 0.295 e. The van der Waals surface area contributed by atoms with E-state index >= 15 is 0 Å². The average Bonchev–Trinajstić information content (AvgIpc) is 2.89. The molecule has 4 nitrogen and oxygen atoms in total. The lowest BCUT2D eigenvalue weighted by Crippen LogP contribution is -2.30. The van der Waals surface area contributed by atoms with Gasteiger partial charge in [0, 0.05) is 0 Å². The lowest BCUT2D eigenvalue weighted by Gasteiger charge is -2.27. The normalized spacial score (nSPS) is 41.8. The maximum absolute atomic E-state index is 10.5. The highest BCUT2D eigenvalue weighted by Crippen LogP contribution is 2.54. The predicted molar refractivity (Wildman–Crippen MR) is 58.1 cm³/mol. The first kappa shape index (κ1) is 10.1. The lowest BCUT2D eigenvalue weighted by molar-refractivity contribution is -0.777. The average molecular weight is 223 g/mol. The monoisotopic (exact) mass is 223 g/mol. The van der Waals surface area contributed by atoms with Gasteiger partial charge in [-0.3, -0.25) is 0 Å². The van der Waals surface area contributed by atoms with Gasteiger partial charge < -0.3 is 4.84 Å². The van der Waals surface area contributed by atoms with E-state index < -0.39 is 10.7 Å². The summed E-state index contributed by atoms with van der Waals surface area (Å²) in [5.74, 6) is 1.95. The first-order valence-electron chi connectivity index (χ1n) is 6.21. The van der Waals surface area contributed by atoms with E-state index in [-0.39, 0.29) is 0 Å². The molecular weight excluding hydrogens is 206 g/mol. The van der Waals surface area contributed by atoms with E-state index in [1.54, 1.807) is 0 Å². The molecule has 2 fully saturated rings. The number of hydrogen-bond donors (Lipinski definition) is 0. The minimum absolute atomic E-state index is 0.531. The topological polar surface area (TPSA) is 52.4 Å². The van der Waals surface area contributed by atoms with Gasteiger partial charge in [-0.25, -0.2) is 0 Å². The van der Waals surface area contributed by atoms with Crippen molar-refractivity contribution in [3.63, 3.8) is 0 Å². The zero-order valence-electron chi connectivity index (χ0n) is 9.30. The summed E-state index contributed by atoms with van der Waals surface area (Å²) in [6.45, 7) is 0. The van der Waals surface area contributed by atoms with Crippen molar-refractivity contribution >= 4 is 0 Å². The molecule has 0 amide bonds. The van der Waals surface area contributed by atoms with Crippen molar-refractivity contribution in [3.05, 3.63) is 22.3 Å². The first-order valence-corrected chi connectivity index (χ1v) is 6.21. The summed E-state index contributed by atoms with van der Waals surface area (Å²) in [4.78, 5) is 15.4. The molecule has 3 unspecified atom stereocenters. The van der Waals surface area contributed by atoms with Crippen molar-refractivity contribution in [3.8, 4) is 0 Å². The second kappa shape index (κ2) is 3.47. The van der Waals surface area contributed by atoms with E-state index in [0.717, 1.165) is 18.8 Å². The fraction of sp³-hybridized carbons (Fsp3) is 0.833. The summed E-state index contributed by atoms with van der Waals surface area (Å²) in [6, 6.07) is 0. The minimum atomic E-state index is -0.621. The summed E-state index contributed by atoms with van der Waals surface area (Å²) in [7, 11) is 0. The van der Waals surface area contributed by atoms with Gasteiger partial charge in [-0.1, -0.05) is 37.8 Å². The third-order valence-corrected chi connectivity index (χ3v) is 4.62. The Labute approximate surface area is 94.8 Å². The molecule has 2 bridgehead atoms. The number of nitrogens with zero attached hydrogens (tertiary/aromatic N) is 1. The molecule has 16 heavy (non-hydrogen) atoms. The summed E-state index contributed by atoms with van der Waals surface area (Å²) in [6.07, 6.45) is 11.0. The van der Waals surface area contributed by atoms with Crippen molar-refractivity contribution in [1.82, 2.24) is 0 Å². The highest BCUT2D eigenvalue weighted by atomic mass is 17.0. The number of allylic oxidation sites excluding steroid dienone is 1. The molecule has 0 aromatic carbocycles. The molecule has 0 aliphatic heterocycles. The first-order chi connectivity index (χ1) is 7.69. The van der Waals surface area contributed by atoms with Gasteiger partial charge in [-0.15, -0.1) is 10.1 Å². The Morgan fingerprint density at radius 1 is 1.31 bits per heavy atom. The fourth-order valence-corrected chi connectivity index (χ4v) is 3.99. The van der Waals surface area contributed by atoms with Crippen LogP contribution in [0.3, 0.4) is 0 Å². The summed E-state index contributed by atoms with van der Waals surface area (Å²) in [5, 5.41) is 9.89. The highest BCUT2D eigenvalue weighted by Gasteiger charge is 2.51. The third kappa shape index (κ3) is 1.51. The van der Waals surface area contributed by atoms with Crippen LogP contribution in [-0.4, -0.2) is 10.7 Å².